The van der Waals surface area contributed by atoms with Gasteiger partial charge in [0.1, 0.15) is 0 Å². The zero-order valence-electron chi connectivity index (χ0n) is 27.3. The fourth-order valence-corrected chi connectivity index (χ4v) is 15.7. The van der Waals surface area contributed by atoms with Crippen LogP contribution in [-0.4, -0.2) is 48.0 Å². The zero-order valence-corrected chi connectivity index (χ0v) is 29.0. The van der Waals surface area contributed by atoms with E-state index in [0.29, 0.717) is 0 Å². The van der Waals surface area contributed by atoms with Gasteiger partial charge in [-0.3, -0.25) is 0 Å². The Hall–Kier alpha value is -4.58. The van der Waals surface area contributed by atoms with Crippen molar-refractivity contribution in [2.75, 3.05) is 0 Å². The maximum absolute atomic E-state index is 13.8. The van der Waals surface area contributed by atoms with Gasteiger partial charge in [0.2, 0.25) is 0 Å². The molecule has 4 fully saturated rings. The minimum absolute atomic E-state index is 0.146. The maximum atomic E-state index is 13.8. The summed E-state index contributed by atoms with van der Waals surface area (Å²) < 4.78 is 31.3. The average Bonchev–Trinajstić information content (AvgIpc) is 3.73. The molecule has 0 aromatic heterocycles. The van der Waals surface area contributed by atoms with Gasteiger partial charge in [0.15, 0.2) is 0 Å². The van der Waals surface area contributed by atoms with Crippen molar-refractivity contribution in [2.24, 2.45) is 0 Å². The number of carbonyl (C=O) groups is 4. The van der Waals surface area contributed by atoms with E-state index in [1.807, 2.05) is 121 Å². The molecule has 4 saturated heterocycles. The quantitative estimate of drug-likeness (QED) is 0.171. The van der Waals surface area contributed by atoms with Gasteiger partial charge in [0.25, 0.3) is 0 Å². The molecule has 51 heavy (non-hydrogen) atoms. The van der Waals surface area contributed by atoms with Gasteiger partial charge >= 0.3 is 294 Å². The van der Waals surface area contributed by atoms with Crippen LogP contribution in [-0.2, 0) is 67.3 Å². The first kappa shape index (κ1) is 33.6. The van der Waals surface area contributed by atoms with Gasteiger partial charge in [-0.05, 0) is 0 Å². The monoisotopic (exact) mass is 730 g/mol. The van der Waals surface area contributed by atoms with Crippen molar-refractivity contribution in [3.8, 4) is 0 Å². The van der Waals surface area contributed by atoms with Gasteiger partial charge in [-0.2, -0.15) is 0 Å². The molecule has 4 aliphatic rings. The van der Waals surface area contributed by atoms with Gasteiger partial charge in [0.05, 0.1) is 0 Å². The molecule has 0 bridgehead atoms. The minimum atomic E-state index is -5.44. The molecule has 8 rings (SSSR count). The molecule has 15 heteroatoms. The summed E-state index contributed by atoms with van der Waals surface area (Å²) in [6.45, 7) is 0. The molecule has 4 heterocycles. The summed E-state index contributed by atoms with van der Waals surface area (Å²) in [5.74, 6) is -3.09. The van der Waals surface area contributed by atoms with Crippen LogP contribution in [0.25, 0.3) is 0 Å². The Balaban J connectivity index is 1.21. The summed E-state index contributed by atoms with van der Waals surface area (Å²) in [5.41, 5.74) is 3.18. The third-order valence-electron chi connectivity index (χ3n) is 9.10. The Morgan fingerprint density at radius 2 is 0.608 bits per heavy atom. The predicted octanol–water partition coefficient (Wildman–Crippen LogP) is 4.29. The summed E-state index contributed by atoms with van der Waals surface area (Å²) >= 11 is 0. The molecule has 4 N–H and O–H groups in total. The first-order chi connectivity index (χ1) is 24.6. The standard InChI is InChI=1S/C36H36N4O9P2/c41-33-29(21-25-13-5-1-6-14-25)37-50(45-33,38-30(34(42)46-50)22-26-15-7-2-8-16-26)49-51(39-31(35(43)47-51)23-27-17-9-3-10-18-27)40-32(36(44)48-51)24-28-19-11-4-12-20-28/h1-20,29-32,37-40H,21-24H2. The molecule has 13 nitrogen and oxygen atoms in total. The van der Waals surface area contributed by atoms with Crippen LogP contribution in [0.4, 0.5) is 0 Å². The van der Waals surface area contributed by atoms with Crippen molar-refractivity contribution in [3.05, 3.63) is 144 Å². The van der Waals surface area contributed by atoms with Crippen LogP contribution in [0.3, 0.4) is 0 Å². The number of rotatable bonds is 10. The van der Waals surface area contributed by atoms with E-state index in [4.69, 9.17) is 22.4 Å². The van der Waals surface area contributed by atoms with E-state index in [9.17, 15) is 19.2 Å². The van der Waals surface area contributed by atoms with E-state index in [0.717, 1.165) is 22.3 Å². The number of benzene rings is 4. The average molecular weight is 731 g/mol. The van der Waals surface area contributed by atoms with Gasteiger partial charge in [-0.25, -0.2) is 0 Å². The SMILES string of the molecule is O=C1OP2(OP34(NC(Cc5ccccc5)C(=O)O3)NC(Cc3ccccc3)C(=O)O4)(NC1Cc1ccccc1)NC(Cc1ccccc1)C(=O)O2. The topological polar surface area (TPSA) is 163 Å². The van der Waals surface area contributed by atoms with E-state index in [1.165, 1.54) is 0 Å². The Morgan fingerprint density at radius 3 is 0.824 bits per heavy atom. The summed E-state index contributed by atoms with van der Waals surface area (Å²) in [7, 11) is -10.9. The van der Waals surface area contributed by atoms with Crippen molar-refractivity contribution in [1.29, 1.82) is 0 Å². The Bertz CT molecular complexity index is 1710. The van der Waals surface area contributed by atoms with E-state index in [2.05, 4.69) is 20.3 Å². The van der Waals surface area contributed by atoms with Crippen molar-refractivity contribution in [1.82, 2.24) is 20.3 Å². The van der Waals surface area contributed by atoms with Crippen molar-refractivity contribution in [3.63, 3.8) is 0 Å². The fourth-order valence-electron chi connectivity index (χ4n) is 6.86. The van der Waals surface area contributed by atoms with E-state index in [-0.39, 0.29) is 25.7 Å². The number of hydrogen-bond acceptors (Lipinski definition) is 13. The number of hydrogen-bond donors (Lipinski definition) is 4. The van der Waals surface area contributed by atoms with E-state index >= 15 is 0 Å². The van der Waals surface area contributed by atoms with Crippen LogP contribution in [0.2, 0.25) is 0 Å². The van der Waals surface area contributed by atoms with Gasteiger partial charge in [0, 0.05) is 0 Å². The molecule has 0 aliphatic carbocycles. The third-order valence-corrected chi connectivity index (χ3v) is 16.5. The van der Waals surface area contributed by atoms with Crippen LogP contribution in [0, 0.1) is 0 Å². The normalized spacial score (nSPS) is 28.2. The molecule has 2 spiro atoms. The molecule has 0 radical (unpaired) electrons. The molecule has 4 aromatic carbocycles. The predicted molar refractivity (Wildman–Crippen MR) is 188 cm³/mol. The molecule has 0 amide bonds. The van der Waals surface area contributed by atoms with Crippen molar-refractivity contribution in [2.45, 2.75) is 49.9 Å². The second-order valence-corrected chi connectivity index (χ2v) is 18.9. The Morgan fingerprint density at radius 1 is 0.392 bits per heavy atom. The van der Waals surface area contributed by atoms with Gasteiger partial charge < -0.3 is 0 Å². The molecule has 4 atom stereocenters. The molecule has 264 valence electrons. The van der Waals surface area contributed by atoms with Crippen LogP contribution in [0.15, 0.2) is 121 Å². The summed E-state index contributed by atoms with van der Waals surface area (Å²) in [6.07, 6.45) is 0.584. The summed E-state index contributed by atoms with van der Waals surface area (Å²) in [4.78, 5) is 55.3. The second kappa shape index (κ2) is 12.6. The van der Waals surface area contributed by atoms with Crippen LogP contribution >= 0.6 is 15.2 Å². The number of carbonyl (C=O) groups excluding carboxylic acids is 4. The van der Waals surface area contributed by atoms with Gasteiger partial charge in [-0.1, -0.05) is 0 Å². The van der Waals surface area contributed by atoms with Crippen LogP contribution < -0.4 is 20.3 Å². The van der Waals surface area contributed by atoms with Crippen molar-refractivity contribution >= 4 is 39.0 Å². The van der Waals surface area contributed by atoms with Gasteiger partial charge in [-0.15, -0.1) is 0 Å². The molecular formula is C36H36N4O9P2. The molecule has 4 aliphatic heterocycles. The summed E-state index contributed by atoms with van der Waals surface area (Å²) in [5, 5.41) is 12.4. The molecular weight excluding hydrogens is 694 g/mol. The number of nitrogens with one attached hydrogen (secondary N) is 4. The summed E-state index contributed by atoms with van der Waals surface area (Å²) in [6, 6.07) is 32.6. The molecule has 0 saturated carbocycles. The molecule has 4 unspecified atom stereocenters. The van der Waals surface area contributed by atoms with E-state index < -0.39 is 63.2 Å². The van der Waals surface area contributed by atoms with Crippen molar-refractivity contribution < 1.29 is 41.6 Å². The van der Waals surface area contributed by atoms with Crippen LogP contribution in [0.1, 0.15) is 22.3 Å². The Kier molecular flexibility index (Phi) is 8.27. The molecule has 4 aromatic rings. The fraction of sp³-hybridized carbons (Fsp3) is 0.222. The second-order valence-electron chi connectivity index (χ2n) is 13.0. The Labute approximate surface area is 293 Å². The first-order valence-electron chi connectivity index (χ1n) is 16.6. The van der Waals surface area contributed by atoms with E-state index in [1.54, 1.807) is 0 Å². The third kappa shape index (κ3) is 6.43. The first-order valence-corrected chi connectivity index (χ1v) is 20.6. The zero-order chi connectivity index (χ0) is 35.2. The van der Waals surface area contributed by atoms with Crippen LogP contribution in [0.5, 0.6) is 0 Å².